The van der Waals surface area contributed by atoms with Crippen LogP contribution in [0.15, 0.2) is 0 Å². The molecule has 4 heteroatoms. The minimum Gasteiger partial charge on any atom is -0.343 e. The second-order valence-corrected chi connectivity index (χ2v) is 4.98. The van der Waals surface area contributed by atoms with E-state index >= 15 is 0 Å². The molecule has 0 unspecified atom stereocenters. The van der Waals surface area contributed by atoms with Gasteiger partial charge in [-0.25, -0.2) is 0 Å². The number of hydrogen-bond donors (Lipinski definition) is 1. The van der Waals surface area contributed by atoms with Crippen molar-refractivity contribution in [2.45, 2.75) is 46.1 Å². The third-order valence-corrected chi connectivity index (χ3v) is 3.92. The molecule has 0 saturated carbocycles. The lowest BCUT2D eigenvalue weighted by atomic mass is 10.1. The zero-order valence-corrected chi connectivity index (χ0v) is 12.2. The van der Waals surface area contributed by atoms with Crippen LogP contribution >= 0.6 is 0 Å². The second-order valence-electron chi connectivity index (χ2n) is 4.98. The Hall–Kier alpha value is -0.610. The lowest BCUT2D eigenvalue weighted by molar-refractivity contribution is -0.130. The molecule has 1 N–H and O–H groups in total. The summed E-state index contributed by atoms with van der Waals surface area (Å²) in [6.45, 7) is 12.3. The number of carbonyl (C=O) groups excluding carboxylic acids is 1. The monoisotopic (exact) mass is 255 g/mol. The molecule has 0 aromatic carbocycles. The van der Waals surface area contributed by atoms with Crippen LogP contribution in [0, 0.1) is 0 Å². The molecule has 1 fully saturated rings. The normalized spacial score (nSPS) is 17.9. The molecule has 1 rings (SSSR count). The first-order valence-electron chi connectivity index (χ1n) is 7.44. The van der Waals surface area contributed by atoms with Crippen LogP contribution in [0.3, 0.4) is 0 Å². The summed E-state index contributed by atoms with van der Waals surface area (Å²) in [6.07, 6.45) is 3.07. The van der Waals surface area contributed by atoms with Crippen LogP contribution in [0.25, 0.3) is 0 Å². The van der Waals surface area contributed by atoms with Crippen molar-refractivity contribution in [1.29, 1.82) is 0 Å². The van der Waals surface area contributed by atoms with Gasteiger partial charge >= 0.3 is 0 Å². The maximum Gasteiger partial charge on any atom is 0.223 e. The van der Waals surface area contributed by atoms with Crippen LogP contribution in [0.1, 0.15) is 40.0 Å². The molecule has 106 valence electrons. The minimum atomic E-state index is 0.276. The van der Waals surface area contributed by atoms with Gasteiger partial charge in [-0.2, -0.15) is 0 Å². The minimum absolute atomic E-state index is 0.276. The average Bonchev–Trinajstić information content (AvgIpc) is 2.41. The first kappa shape index (κ1) is 15.4. The van der Waals surface area contributed by atoms with Crippen LogP contribution in [-0.2, 0) is 4.79 Å². The van der Waals surface area contributed by atoms with E-state index in [9.17, 15) is 4.79 Å². The van der Waals surface area contributed by atoms with Gasteiger partial charge < -0.3 is 15.1 Å². The summed E-state index contributed by atoms with van der Waals surface area (Å²) in [5.41, 5.74) is 0. The zero-order valence-electron chi connectivity index (χ0n) is 12.2. The van der Waals surface area contributed by atoms with E-state index in [0.717, 1.165) is 26.2 Å². The van der Waals surface area contributed by atoms with Gasteiger partial charge in [-0.3, -0.25) is 4.79 Å². The van der Waals surface area contributed by atoms with E-state index in [2.05, 4.69) is 17.1 Å². The van der Waals surface area contributed by atoms with Gasteiger partial charge in [-0.15, -0.1) is 0 Å². The highest BCUT2D eigenvalue weighted by Gasteiger charge is 2.17. The lowest BCUT2D eigenvalue weighted by Crippen LogP contribution is -2.43. The molecule has 18 heavy (non-hydrogen) atoms. The first-order chi connectivity index (χ1) is 8.71. The van der Waals surface area contributed by atoms with Crippen molar-refractivity contribution in [2.24, 2.45) is 0 Å². The molecule has 1 heterocycles. The molecule has 4 nitrogen and oxygen atoms in total. The highest BCUT2D eigenvalue weighted by Crippen LogP contribution is 2.09. The van der Waals surface area contributed by atoms with Crippen molar-refractivity contribution in [2.75, 3.05) is 39.3 Å². The fourth-order valence-electron chi connectivity index (χ4n) is 2.57. The highest BCUT2D eigenvalue weighted by atomic mass is 16.2. The van der Waals surface area contributed by atoms with Crippen molar-refractivity contribution in [1.82, 2.24) is 15.1 Å². The topological polar surface area (TPSA) is 35.6 Å². The first-order valence-corrected chi connectivity index (χ1v) is 7.44. The van der Waals surface area contributed by atoms with Gasteiger partial charge in [0, 0.05) is 32.1 Å². The third-order valence-electron chi connectivity index (χ3n) is 3.92. The molecule has 0 radical (unpaired) electrons. The SMILES string of the molecule is CCN1CCC(NCCC(=O)N(CC)CC)CC1. The molecule has 0 aromatic rings. The number of hydrogen-bond acceptors (Lipinski definition) is 3. The second kappa shape index (κ2) is 8.48. The van der Waals surface area contributed by atoms with Crippen LogP contribution in [-0.4, -0.2) is 61.0 Å². The van der Waals surface area contributed by atoms with E-state index in [1.54, 1.807) is 0 Å². The number of nitrogens with one attached hydrogen (secondary N) is 1. The molecule has 0 aliphatic carbocycles. The molecular formula is C14H29N3O. The Morgan fingerprint density at radius 2 is 1.83 bits per heavy atom. The van der Waals surface area contributed by atoms with Gasteiger partial charge in [-0.1, -0.05) is 6.92 Å². The molecule has 1 aliphatic heterocycles. The van der Waals surface area contributed by atoms with Gasteiger partial charge in [0.25, 0.3) is 0 Å². The Balaban J connectivity index is 2.13. The molecule has 0 bridgehead atoms. The van der Waals surface area contributed by atoms with Gasteiger partial charge in [0.1, 0.15) is 0 Å². The highest BCUT2D eigenvalue weighted by molar-refractivity contribution is 5.76. The number of nitrogens with zero attached hydrogens (tertiary/aromatic N) is 2. The van der Waals surface area contributed by atoms with E-state index in [0.29, 0.717) is 12.5 Å². The maximum atomic E-state index is 11.8. The van der Waals surface area contributed by atoms with E-state index in [1.807, 2.05) is 18.7 Å². The summed E-state index contributed by atoms with van der Waals surface area (Å²) >= 11 is 0. The summed E-state index contributed by atoms with van der Waals surface area (Å²) in [5.74, 6) is 0.276. The number of likely N-dealkylation sites (tertiary alicyclic amines) is 1. The fraction of sp³-hybridized carbons (Fsp3) is 0.929. The molecule has 1 saturated heterocycles. The predicted octanol–water partition coefficient (Wildman–Crippen LogP) is 1.32. The van der Waals surface area contributed by atoms with Crippen molar-refractivity contribution >= 4 is 5.91 Å². The number of piperidine rings is 1. The number of rotatable bonds is 7. The van der Waals surface area contributed by atoms with Gasteiger partial charge in [0.05, 0.1) is 0 Å². The Morgan fingerprint density at radius 3 is 2.33 bits per heavy atom. The van der Waals surface area contributed by atoms with Crippen molar-refractivity contribution in [3.8, 4) is 0 Å². The summed E-state index contributed by atoms with van der Waals surface area (Å²) < 4.78 is 0. The van der Waals surface area contributed by atoms with Gasteiger partial charge in [0.2, 0.25) is 5.91 Å². The van der Waals surface area contributed by atoms with Crippen LogP contribution in [0.4, 0.5) is 0 Å². The standard InChI is InChI=1S/C14H29N3O/c1-4-16-11-8-13(9-12-16)15-10-7-14(18)17(5-2)6-3/h13,15H,4-12H2,1-3H3. The van der Waals surface area contributed by atoms with Crippen LogP contribution in [0.5, 0.6) is 0 Å². The maximum absolute atomic E-state index is 11.8. The van der Waals surface area contributed by atoms with E-state index < -0.39 is 0 Å². The molecular weight excluding hydrogens is 226 g/mol. The molecule has 1 aliphatic rings. The average molecular weight is 255 g/mol. The zero-order chi connectivity index (χ0) is 13.4. The molecule has 0 aromatic heterocycles. The number of carbonyl (C=O) groups is 1. The van der Waals surface area contributed by atoms with E-state index in [4.69, 9.17) is 0 Å². The number of amides is 1. The van der Waals surface area contributed by atoms with E-state index in [1.165, 1.54) is 25.9 Å². The van der Waals surface area contributed by atoms with Gasteiger partial charge in [-0.05, 0) is 46.3 Å². The third kappa shape index (κ3) is 4.94. The Kier molecular flexibility index (Phi) is 7.28. The fourth-order valence-corrected chi connectivity index (χ4v) is 2.57. The predicted molar refractivity (Wildman–Crippen MR) is 75.7 cm³/mol. The quantitative estimate of drug-likeness (QED) is 0.745. The summed E-state index contributed by atoms with van der Waals surface area (Å²) in [4.78, 5) is 16.2. The van der Waals surface area contributed by atoms with Crippen LogP contribution in [0.2, 0.25) is 0 Å². The molecule has 0 spiro atoms. The summed E-state index contributed by atoms with van der Waals surface area (Å²) in [7, 11) is 0. The Labute approximate surface area is 112 Å². The van der Waals surface area contributed by atoms with Crippen molar-refractivity contribution in [3.05, 3.63) is 0 Å². The summed E-state index contributed by atoms with van der Waals surface area (Å²) in [5, 5.41) is 3.53. The van der Waals surface area contributed by atoms with Crippen molar-refractivity contribution < 1.29 is 4.79 Å². The van der Waals surface area contributed by atoms with Gasteiger partial charge in [0.15, 0.2) is 0 Å². The molecule has 1 amide bonds. The lowest BCUT2D eigenvalue weighted by Gasteiger charge is -2.31. The summed E-state index contributed by atoms with van der Waals surface area (Å²) in [6, 6.07) is 0.609. The molecule has 0 atom stereocenters. The van der Waals surface area contributed by atoms with Crippen molar-refractivity contribution in [3.63, 3.8) is 0 Å². The Bertz CT molecular complexity index is 233. The Morgan fingerprint density at radius 1 is 1.22 bits per heavy atom. The van der Waals surface area contributed by atoms with E-state index in [-0.39, 0.29) is 5.91 Å². The largest absolute Gasteiger partial charge is 0.343 e. The smallest absolute Gasteiger partial charge is 0.223 e. The van der Waals surface area contributed by atoms with Crippen LogP contribution < -0.4 is 5.32 Å².